The lowest BCUT2D eigenvalue weighted by atomic mass is 9.81. The van der Waals surface area contributed by atoms with Gasteiger partial charge in [-0.05, 0) is 24.6 Å². The van der Waals surface area contributed by atoms with Crippen molar-refractivity contribution >= 4 is 17.6 Å². The summed E-state index contributed by atoms with van der Waals surface area (Å²) in [7, 11) is 2.84. The van der Waals surface area contributed by atoms with Gasteiger partial charge in [-0.2, -0.15) is 9.97 Å². The van der Waals surface area contributed by atoms with E-state index >= 15 is 0 Å². The SMILES string of the molecule is COc1cc(OC)nc(C(C)(C(=O)[O-])c2cccc(Cl)c2)n1. The first-order chi connectivity index (χ1) is 10.4. The van der Waals surface area contributed by atoms with Crippen molar-refractivity contribution in [3.8, 4) is 11.8 Å². The Morgan fingerprint density at radius 1 is 1.18 bits per heavy atom. The summed E-state index contributed by atoms with van der Waals surface area (Å²) >= 11 is 5.96. The summed E-state index contributed by atoms with van der Waals surface area (Å²) < 4.78 is 10.1. The van der Waals surface area contributed by atoms with Gasteiger partial charge in [-0.1, -0.05) is 23.7 Å². The van der Waals surface area contributed by atoms with Gasteiger partial charge in [0.05, 0.1) is 31.7 Å². The van der Waals surface area contributed by atoms with Gasteiger partial charge in [0, 0.05) is 5.02 Å². The van der Waals surface area contributed by atoms with E-state index in [9.17, 15) is 9.90 Å². The van der Waals surface area contributed by atoms with Crippen LogP contribution in [0.3, 0.4) is 0 Å². The fraction of sp³-hybridized carbons (Fsp3) is 0.267. The molecule has 7 heteroatoms. The highest BCUT2D eigenvalue weighted by Gasteiger charge is 2.35. The van der Waals surface area contributed by atoms with Crippen molar-refractivity contribution in [3.05, 3.63) is 46.7 Å². The Hall–Kier alpha value is -2.34. The van der Waals surface area contributed by atoms with Gasteiger partial charge in [0.1, 0.15) is 0 Å². The number of nitrogens with zero attached hydrogens (tertiary/aromatic N) is 2. The van der Waals surface area contributed by atoms with Gasteiger partial charge in [-0.25, -0.2) is 0 Å². The highest BCUT2D eigenvalue weighted by Crippen LogP contribution is 2.32. The molecule has 0 aliphatic heterocycles. The van der Waals surface area contributed by atoms with Crippen LogP contribution in [0.4, 0.5) is 0 Å². The molecule has 0 aliphatic rings. The fourth-order valence-corrected chi connectivity index (χ4v) is 2.16. The third kappa shape index (κ3) is 2.82. The van der Waals surface area contributed by atoms with Gasteiger partial charge in [-0.3, -0.25) is 0 Å². The number of ether oxygens (including phenoxy) is 2. The molecule has 2 aromatic rings. The molecule has 0 aliphatic carbocycles. The number of aliphatic carboxylic acids is 1. The van der Waals surface area contributed by atoms with E-state index in [1.807, 2.05) is 0 Å². The second-order valence-electron chi connectivity index (χ2n) is 4.70. The molecule has 1 atom stereocenters. The van der Waals surface area contributed by atoms with Crippen LogP contribution in [0.2, 0.25) is 5.02 Å². The summed E-state index contributed by atoms with van der Waals surface area (Å²) in [5, 5.41) is 12.2. The number of carbonyl (C=O) groups is 1. The first-order valence-electron chi connectivity index (χ1n) is 6.37. The number of carboxylic acid groups (broad SMARTS) is 1. The standard InChI is InChI=1S/C15H15ClN2O4/c1-15(14(19)20,9-5-4-6-10(16)7-9)13-17-11(21-2)8-12(18-13)22-3/h4-8H,1-3H3,(H,19,20)/p-1. The Morgan fingerprint density at radius 3 is 2.23 bits per heavy atom. The molecule has 1 aromatic carbocycles. The lowest BCUT2D eigenvalue weighted by Crippen LogP contribution is -2.45. The van der Waals surface area contributed by atoms with E-state index in [4.69, 9.17) is 21.1 Å². The highest BCUT2D eigenvalue weighted by atomic mass is 35.5. The smallest absolute Gasteiger partial charge is 0.220 e. The highest BCUT2D eigenvalue weighted by molar-refractivity contribution is 6.30. The van der Waals surface area contributed by atoms with Gasteiger partial charge in [0.15, 0.2) is 5.82 Å². The zero-order valence-electron chi connectivity index (χ0n) is 12.3. The number of hydrogen-bond donors (Lipinski definition) is 0. The van der Waals surface area contributed by atoms with Crippen LogP contribution in [0, 0.1) is 0 Å². The fourth-order valence-electron chi connectivity index (χ4n) is 1.97. The molecule has 22 heavy (non-hydrogen) atoms. The molecule has 1 heterocycles. The van der Waals surface area contributed by atoms with E-state index in [1.165, 1.54) is 33.3 Å². The summed E-state index contributed by atoms with van der Waals surface area (Å²) in [5.41, 5.74) is -1.21. The summed E-state index contributed by atoms with van der Waals surface area (Å²) in [6.07, 6.45) is 0. The second kappa shape index (κ2) is 6.19. The van der Waals surface area contributed by atoms with E-state index in [0.717, 1.165) is 0 Å². The summed E-state index contributed by atoms with van der Waals surface area (Å²) in [5.74, 6) is -0.983. The molecule has 0 bridgehead atoms. The zero-order valence-corrected chi connectivity index (χ0v) is 13.0. The van der Waals surface area contributed by atoms with Crippen LogP contribution in [0.1, 0.15) is 18.3 Å². The van der Waals surface area contributed by atoms with Crippen LogP contribution in [0.25, 0.3) is 0 Å². The van der Waals surface area contributed by atoms with Crippen molar-refractivity contribution in [2.75, 3.05) is 14.2 Å². The Morgan fingerprint density at radius 2 is 1.77 bits per heavy atom. The van der Waals surface area contributed by atoms with E-state index in [-0.39, 0.29) is 17.6 Å². The van der Waals surface area contributed by atoms with Gasteiger partial charge in [0.2, 0.25) is 11.8 Å². The molecule has 0 saturated heterocycles. The molecule has 0 radical (unpaired) electrons. The molecule has 116 valence electrons. The largest absolute Gasteiger partial charge is 0.549 e. The van der Waals surface area contributed by atoms with Crippen molar-refractivity contribution in [2.45, 2.75) is 12.3 Å². The molecule has 0 N–H and O–H groups in total. The van der Waals surface area contributed by atoms with Crippen LogP contribution < -0.4 is 14.6 Å². The number of halogens is 1. The molecule has 0 amide bonds. The molecule has 0 spiro atoms. The van der Waals surface area contributed by atoms with Gasteiger partial charge in [-0.15, -0.1) is 0 Å². The average Bonchev–Trinajstić information content (AvgIpc) is 2.53. The number of rotatable bonds is 5. The van der Waals surface area contributed by atoms with Crippen molar-refractivity contribution in [3.63, 3.8) is 0 Å². The molecule has 0 saturated carbocycles. The summed E-state index contributed by atoms with van der Waals surface area (Å²) in [6.45, 7) is 1.45. The average molecular weight is 322 g/mol. The quantitative estimate of drug-likeness (QED) is 0.822. The number of aromatic nitrogens is 2. The minimum Gasteiger partial charge on any atom is -0.549 e. The predicted molar refractivity (Wildman–Crippen MR) is 78.0 cm³/mol. The number of carbonyl (C=O) groups excluding carboxylic acids is 1. The topological polar surface area (TPSA) is 84.4 Å². The lowest BCUT2D eigenvalue weighted by molar-refractivity contribution is -0.311. The minimum absolute atomic E-state index is 0.00836. The van der Waals surface area contributed by atoms with E-state index in [1.54, 1.807) is 18.2 Å². The van der Waals surface area contributed by atoms with Crippen molar-refractivity contribution in [1.29, 1.82) is 0 Å². The first kappa shape index (κ1) is 16.0. The molecule has 2 rings (SSSR count). The number of benzene rings is 1. The second-order valence-corrected chi connectivity index (χ2v) is 5.14. The Bertz CT molecular complexity index is 685. The van der Waals surface area contributed by atoms with E-state index in [0.29, 0.717) is 10.6 Å². The molecular weight excluding hydrogens is 308 g/mol. The van der Waals surface area contributed by atoms with Crippen LogP contribution in [0.5, 0.6) is 11.8 Å². The third-order valence-corrected chi connectivity index (χ3v) is 3.59. The van der Waals surface area contributed by atoms with Gasteiger partial charge in [0.25, 0.3) is 0 Å². The Labute approximate surface area is 132 Å². The maximum atomic E-state index is 11.8. The maximum Gasteiger partial charge on any atom is 0.220 e. The van der Waals surface area contributed by atoms with Gasteiger partial charge < -0.3 is 19.4 Å². The van der Waals surface area contributed by atoms with Crippen molar-refractivity contribution < 1.29 is 19.4 Å². The Kier molecular flexibility index (Phi) is 4.51. The maximum absolute atomic E-state index is 11.8. The molecular formula is C15H14ClN2O4-. The molecule has 6 nitrogen and oxygen atoms in total. The molecule has 1 unspecified atom stereocenters. The summed E-state index contributed by atoms with van der Waals surface area (Å²) in [6, 6.07) is 7.91. The van der Waals surface area contributed by atoms with Crippen LogP contribution in [0.15, 0.2) is 30.3 Å². The predicted octanol–water partition coefficient (Wildman–Crippen LogP) is 1.20. The van der Waals surface area contributed by atoms with Crippen LogP contribution >= 0.6 is 11.6 Å². The number of hydrogen-bond acceptors (Lipinski definition) is 6. The van der Waals surface area contributed by atoms with Gasteiger partial charge >= 0.3 is 0 Å². The molecule has 0 fully saturated rings. The van der Waals surface area contributed by atoms with Crippen molar-refractivity contribution in [1.82, 2.24) is 9.97 Å². The van der Waals surface area contributed by atoms with Crippen LogP contribution in [-0.2, 0) is 10.2 Å². The molecule has 1 aromatic heterocycles. The first-order valence-corrected chi connectivity index (χ1v) is 6.74. The van der Waals surface area contributed by atoms with E-state index < -0.39 is 11.4 Å². The Balaban J connectivity index is 2.69. The monoisotopic (exact) mass is 321 g/mol. The van der Waals surface area contributed by atoms with E-state index in [2.05, 4.69) is 9.97 Å². The normalized spacial score (nSPS) is 13.3. The number of carboxylic acids is 1. The zero-order chi connectivity index (χ0) is 16.3. The lowest BCUT2D eigenvalue weighted by Gasteiger charge is -2.30. The minimum atomic E-state index is -1.60. The van der Waals surface area contributed by atoms with Crippen LogP contribution in [-0.4, -0.2) is 30.2 Å². The third-order valence-electron chi connectivity index (χ3n) is 3.35. The van der Waals surface area contributed by atoms with Crippen molar-refractivity contribution in [2.24, 2.45) is 0 Å². The summed E-state index contributed by atoms with van der Waals surface area (Å²) in [4.78, 5) is 20.1. The number of methoxy groups -OCH3 is 2.